The second-order valence-electron chi connectivity index (χ2n) is 14.1. The van der Waals surface area contributed by atoms with Crippen LogP contribution in [0.25, 0.3) is 0 Å². The van der Waals surface area contributed by atoms with E-state index in [4.69, 9.17) is 4.84 Å². The van der Waals surface area contributed by atoms with Crippen molar-refractivity contribution in [3.63, 3.8) is 0 Å². The molecule has 7 heteroatoms. The summed E-state index contributed by atoms with van der Waals surface area (Å²) in [6.07, 6.45) is 13.9. The van der Waals surface area contributed by atoms with Crippen molar-refractivity contribution in [2.24, 2.45) is 39.7 Å². The standard InChI is InChI=1S/C32H52N4O3/c1-22(34-39-30(38)36(20-19-35(4)5)18-14-24-7-6-17-33-24)27-10-11-28-26-9-8-23-21-25(37)12-15-31(23,2)29(26)13-16-32(27,28)3/h21,24,26-29,33H,6-20H2,1-5H3/b34-22+/t24?,26-,27+,28-,29-,31-,32+/m0/s1. The molecule has 0 bridgehead atoms. The van der Waals surface area contributed by atoms with Gasteiger partial charge in [0.1, 0.15) is 0 Å². The number of nitrogens with zero attached hydrogens (tertiary/aromatic N) is 3. The van der Waals surface area contributed by atoms with Gasteiger partial charge in [-0.25, -0.2) is 4.79 Å². The van der Waals surface area contributed by atoms with Crippen LogP contribution in [-0.4, -0.2) is 73.7 Å². The van der Waals surface area contributed by atoms with E-state index >= 15 is 0 Å². The number of oxime groups is 1. The van der Waals surface area contributed by atoms with Crippen molar-refractivity contribution in [2.75, 3.05) is 40.3 Å². The summed E-state index contributed by atoms with van der Waals surface area (Å²) in [5.74, 6) is 2.81. The van der Waals surface area contributed by atoms with E-state index in [1.807, 2.05) is 25.1 Å². The number of carbonyl (C=O) groups is 2. The first-order valence-corrected chi connectivity index (χ1v) is 15.7. The third kappa shape index (κ3) is 5.72. The third-order valence-electron chi connectivity index (χ3n) is 11.7. The molecule has 0 radical (unpaired) electrons. The molecule has 7 atom stereocenters. The lowest BCUT2D eigenvalue weighted by Gasteiger charge is -2.58. The smallest absolute Gasteiger partial charge is 0.314 e. The number of amides is 1. The lowest BCUT2D eigenvalue weighted by atomic mass is 9.46. The number of rotatable bonds is 8. The van der Waals surface area contributed by atoms with Gasteiger partial charge in [0, 0.05) is 38.0 Å². The number of likely N-dealkylation sites (N-methyl/N-ethyl adjacent to an activating group) is 1. The van der Waals surface area contributed by atoms with Crippen molar-refractivity contribution in [3.05, 3.63) is 11.6 Å². The van der Waals surface area contributed by atoms with Crippen LogP contribution in [0.1, 0.15) is 91.4 Å². The summed E-state index contributed by atoms with van der Waals surface area (Å²) in [7, 11) is 4.07. The molecule has 0 aromatic carbocycles. The molecule has 218 valence electrons. The molecule has 4 fully saturated rings. The zero-order chi connectivity index (χ0) is 27.8. The van der Waals surface area contributed by atoms with Gasteiger partial charge in [-0.3, -0.25) is 9.63 Å². The minimum absolute atomic E-state index is 0.207. The molecule has 1 saturated heterocycles. The fourth-order valence-corrected chi connectivity index (χ4v) is 9.41. The topological polar surface area (TPSA) is 74.2 Å². The molecular formula is C32H52N4O3. The van der Waals surface area contributed by atoms with Crippen LogP contribution < -0.4 is 5.32 Å². The molecule has 0 aromatic heterocycles. The van der Waals surface area contributed by atoms with Crippen LogP contribution in [0.5, 0.6) is 0 Å². The molecule has 1 heterocycles. The Labute approximate surface area is 236 Å². The molecule has 3 saturated carbocycles. The van der Waals surface area contributed by atoms with E-state index in [1.165, 1.54) is 44.1 Å². The van der Waals surface area contributed by atoms with E-state index in [9.17, 15) is 9.59 Å². The molecule has 1 aliphatic heterocycles. The number of carbonyl (C=O) groups excluding carboxylic acids is 2. The van der Waals surface area contributed by atoms with Gasteiger partial charge in [0.05, 0.1) is 5.71 Å². The predicted octanol–water partition coefficient (Wildman–Crippen LogP) is 5.65. The Morgan fingerprint density at radius 2 is 1.87 bits per heavy atom. The molecule has 1 N–H and O–H groups in total. The lowest BCUT2D eigenvalue weighted by Crippen LogP contribution is -2.51. The summed E-state index contributed by atoms with van der Waals surface area (Å²) < 4.78 is 0. The van der Waals surface area contributed by atoms with Gasteiger partial charge in [0.15, 0.2) is 5.78 Å². The largest absolute Gasteiger partial charge is 0.436 e. The summed E-state index contributed by atoms with van der Waals surface area (Å²) >= 11 is 0. The number of hydrogen-bond donors (Lipinski definition) is 1. The maximum atomic E-state index is 13.2. The first kappa shape index (κ1) is 28.8. The highest BCUT2D eigenvalue weighted by Gasteiger charge is 2.59. The zero-order valence-electron chi connectivity index (χ0n) is 25.1. The van der Waals surface area contributed by atoms with Crippen molar-refractivity contribution >= 4 is 17.6 Å². The Kier molecular flexibility index (Phi) is 8.59. The van der Waals surface area contributed by atoms with Gasteiger partial charge in [0.25, 0.3) is 0 Å². The normalized spacial score (nSPS) is 38.2. The molecular weight excluding hydrogens is 488 g/mol. The van der Waals surface area contributed by atoms with E-state index < -0.39 is 0 Å². The third-order valence-corrected chi connectivity index (χ3v) is 11.7. The average Bonchev–Trinajstić information content (AvgIpc) is 3.55. The van der Waals surface area contributed by atoms with E-state index in [0.717, 1.165) is 50.4 Å². The molecule has 5 rings (SSSR count). The van der Waals surface area contributed by atoms with E-state index in [2.05, 4.69) is 36.1 Å². The lowest BCUT2D eigenvalue weighted by molar-refractivity contribution is -0.117. The van der Waals surface area contributed by atoms with Gasteiger partial charge < -0.3 is 15.1 Å². The number of allylic oxidation sites excluding steroid dienone is 1. The zero-order valence-corrected chi connectivity index (χ0v) is 25.1. The molecule has 4 aliphatic carbocycles. The van der Waals surface area contributed by atoms with Crippen LogP contribution in [0.4, 0.5) is 4.79 Å². The van der Waals surface area contributed by atoms with E-state index in [-0.39, 0.29) is 16.9 Å². The van der Waals surface area contributed by atoms with Crippen LogP contribution in [0.15, 0.2) is 16.8 Å². The highest BCUT2D eigenvalue weighted by Crippen LogP contribution is 2.66. The molecule has 1 amide bonds. The second kappa shape index (κ2) is 11.6. The van der Waals surface area contributed by atoms with Crippen molar-refractivity contribution in [1.29, 1.82) is 0 Å². The quantitative estimate of drug-likeness (QED) is 0.245. The maximum absolute atomic E-state index is 13.2. The molecule has 39 heavy (non-hydrogen) atoms. The average molecular weight is 541 g/mol. The van der Waals surface area contributed by atoms with Gasteiger partial charge in [0.2, 0.25) is 0 Å². The van der Waals surface area contributed by atoms with Gasteiger partial charge in [-0.15, -0.1) is 0 Å². The summed E-state index contributed by atoms with van der Waals surface area (Å²) in [4.78, 5) is 34.9. The summed E-state index contributed by atoms with van der Waals surface area (Å²) in [6.45, 7) is 10.3. The second-order valence-corrected chi connectivity index (χ2v) is 14.1. The van der Waals surface area contributed by atoms with Crippen LogP contribution in [0.3, 0.4) is 0 Å². The van der Waals surface area contributed by atoms with Crippen LogP contribution in [-0.2, 0) is 9.63 Å². The van der Waals surface area contributed by atoms with Gasteiger partial charge >= 0.3 is 6.09 Å². The molecule has 0 aromatic rings. The maximum Gasteiger partial charge on any atom is 0.436 e. The van der Waals surface area contributed by atoms with Crippen LogP contribution >= 0.6 is 0 Å². The summed E-state index contributed by atoms with van der Waals surface area (Å²) in [5.41, 5.74) is 2.84. The SMILES string of the molecule is C/C(=N\OC(=O)N(CCC1CCCN1)CCN(C)C)[C@H]1CC[C@H]2[C@@H]3CCC4=CC(=O)CC[C@]4(C)[C@H]3CC[C@]12C. The fourth-order valence-electron chi connectivity index (χ4n) is 9.41. The Morgan fingerprint density at radius 3 is 2.62 bits per heavy atom. The molecule has 0 spiro atoms. The number of fused-ring (bicyclic) bond motifs is 5. The van der Waals surface area contributed by atoms with Crippen molar-refractivity contribution in [3.8, 4) is 0 Å². The minimum atomic E-state index is -0.316. The monoisotopic (exact) mass is 540 g/mol. The Bertz CT molecular complexity index is 986. The van der Waals surface area contributed by atoms with E-state index in [1.54, 1.807) is 0 Å². The van der Waals surface area contributed by atoms with Crippen molar-refractivity contribution in [1.82, 2.24) is 15.1 Å². The summed E-state index contributed by atoms with van der Waals surface area (Å²) in [6, 6.07) is 0.498. The van der Waals surface area contributed by atoms with Crippen molar-refractivity contribution in [2.45, 2.75) is 97.4 Å². The number of hydrogen-bond acceptors (Lipinski definition) is 6. The highest BCUT2D eigenvalue weighted by molar-refractivity contribution is 5.91. The fraction of sp³-hybridized carbons (Fsp3) is 0.844. The molecule has 7 nitrogen and oxygen atoms in total. The van der Waals surface area contributed by atoms with Gasteiger partial charge in [-0.05, 0) is 126 Å². The van der Waals surface area contributed by atoms with Crippen LogP contribution in [0.2, 0.25) is 0 Å². The predicted molar refractivity (Wildman–Crippen MR) is 156 cm³/mol. The molecule has 5 aliphatic rings. The first-order valence-electron chi connectivity index (χ1n) is 15.7. The Hall–Kier alpha value is -1.73. The van der Waals surface area contributed by atoms with Gasteiger partial charge in [-0.2, -0.15) is 0 Å². The summed E-state index contributed by atoms with van der Waals surface area (Å²) in [5, 5.41) is 8.05. The Morgan fingerprint density at radius 1 is 1.05 bits per heavy atom. The van der Waals surface area contributed by atoms with E-state index in [0.29, 0.717) is 49.1 Å². The molecule has 1 unspecified atom stereocenters. The minimum Gasteiger partial charge on any atom is -0.314 e. The van der Waals surface area contributed by atoms with Crippen LogP contribution in [0, 0.1) is 34.5 Å². The van der Waals surface area contributed by atoms with Crippen molar-refractivity contribution < 1.29 is 14.4 Å². The number of nitrogens with one attached hydrogen (secondary N) is 1. The van der Waals surface area contributed by atoms with Gasteiger partial charge in [-0.1, -0.05) is 24.6 Å². The Balaban J connectivity index is 1.23. The number of ketones is 1. The highest BCUT2D eigenvalue weighted by atomic mass is 16.7. The first-order chi connectivity index (χ1) is 18.6.